The zero-order valence-corrected chi connectivity index (χ0v) is 14.3. The Kier molecular flexibility index (Phi) is 6.56. The SMILES string of the molecule is CCOCCCNS(=O)(=O)c1ccc(N2CCCCC2=O)cc1. The number of carbonyl (C=O) groups excluding carboxylic acids is 1. The van der Waals surface area contributed by atoms with Crippen LogP contribution in [0.2, 0.25) is 0 Å². The highest BCUT2D eigenvalue weighted by atomic mass is 32.2. The molecule has 6 nitrogen and oxygen atoms in total. The second kappa shape index (κ2) is 8.42. The van der Waals surface area contributed by atoms with Gasteiger partial charge < -0.3 is 9.64 Å². The number of hydrogen-bond donors (Lipinski definition) is 1. The molecule has 0 aliphatic carbocycles. The van der Waals surface area contributed by atoms with Crippen molar-refractivity contribution in [1.82, 2.24) is 4.72 Å². The van der Waals surface area contributed by atoms with Crippen molar-refractivity contribution in [3.63, 3.8) is 0 Å². The number of piperidine rings is 1. The first kappa shape index (κ1) is 17.9. The number of rotatable bonds is 8. The maximum Gasteiger partial charge on any atom is 0.240 e. The molecule has 2 rings (SSSR count). The van der Waals surface area contributed by atoms with Gasteiger partial charge in [-0.25, -0.2) is 13.1 Å². The topological polar surface area (TPSA) is 75.7 Å². The Morgan fingerprint density at radius 2 is 1.96 bits per heavy atom. The number of carbonyl (C=O) groups is 1. The van der Waals surface area contributed by atoms with Crippen LogP contribution in [0.25, 0.3) is 0 Å². The zero-order chi connectivity index (χ0) is 16.7. The van der Waals surface area contributed by atoms with E-state index in [1.807, 2.05) is 6.92 Å². The Bertz CT molecular complexity index is 613. The molecule has 1 amide bonds. The van der Waals surface area contributed by atoms with Gasteiger partial charge in [-0.3, -0.25) is 4.79 Å². The van der Waals surface area contributed by atoms with Crippen molar-refractivity contribution in [2.75, 3.05) is 31.2 Å². The minimum atomic E-state index is -3.52. The number of anilines is 1. The molecular formula is C16H24N2O4S. The van der Waals surface area contributed by atoms with E-state index < -0.39 is 10.0 Å². The Morgan fingerprint density at radius 3 is 2.61 bits per heavy atom. The summed E-state index contributed by atoms with van der Waals surface area (Å²) in [5.41, 5.74) is 0.755. The monoisotopic (exact) mass is 340 g/mol. The summed E-state index contributed by atoms with van der Waals surface area (Å²) in [6.45, 7) is 4.10. The van der Waals surface area contributed by atoms with Crippen molar-refractivity contribution in [1.29, 1.82) is 0 Å². The van der Waals surface area contributed by atoms with Gasteiger partial charge in [0, 0.05) is 38.4 Å². The molecule has 0 aromatic heterocycles. The van der Waals surface area contributed by atoms with Crippen LogP contribution in [0.15, 0.2) is 29.2 Å². The van der Waals surface area contributed by atoms with Gasteiger partial charge in [0.2, 0.25) is 15.9 Å². The lowest BCUT2D eigenvalue weighted by molar-refractivity contribution is -0.119. The molecule has 0 saturated carbocycles. The molecule has 0 bridgehead atoms. The maximum absolute atomic E-state index is 12.2. The summed E-state index contributed by atoms with van der Waals surface area (Å²) in [7, 11) is -3.52. The van der Waals surface area contributed by atoms with Crippen molar-refractivity contribution in [2.24, 2.45) is 0 Å². The van der Waals surface area contributed by atoms with E-state index >= 15 is 0 Å². The molecule has 128 valence electrons. The van der Waals surface area contributed by atoms with E-state index in [0.717, 1.165) is 18.5 Å². The zero-order valence-electron chi connectivity index (χ0n) is 13.5. The number of benzene rings is 1. The van der Waals surface area contributed by atoms with Crippen LogP contribution >= 0.6 is 0 Å². The van der Waals surface area contributed by atoms with Crippen LogP contribution < -0.4 is 9.62 Å². The van der Waals surface area contributed by atoms with Crippen LogP contribution in [0.4, 0.5) is 5.69 Å². The minimum absolute atomic E-state index is 0.0981. The van der Waals surface area contributed by atoms with Crippen LogP contribution in [0.5, 0.6) is 0 Å². The molecule has 0 radical (unpaired) electrons. The molecule has 1 aliphatic heterocycles. The summed E-state index contributed by atoms with van der Waals surface area (Å²) in [6.07, 6.45) is 3.09. The Labute approximate surface area is 137 Å². The largest absolute Gasteiger partial charge is 0.382 e. The fraction of sp³-hybridized carbons (Fsp3) is 0.562. The number of sulfonamides is 1. The Hall–Kier alpha value is -1.44. The lowest BCUT2D eigenvalue weighted by Gasteiger charge is -2.26. The third kappa shape index (κ3) is 5.02. The van der Waals surface area contributed by atoms with Gasteiger partial charge in [-0.1, -0.05) is 0 Å². The smallest absolute Gasteiger partial charge is 0.240 e. The summed E-state index contributed by atoms with van der Waals surface area (Å²) < 4.78 is 32.1. The van der Waals surface area contributed by atoms with Gasteiger partial charge in [0.25, 0.3) is 0 Å². The third-order valence-corrected chi connectivity index (χ3v) is 5.22. The van der Waals surface area contributed by atoms with E-state index in [1.54, 1.807) is 29.2 Å². The molecule has 7 heteroatoms. The lowest BCUT2D eigenvalue weighted by Crippen LogP contribution is -2.35. The molecule has 1 aromatic carbocycles. The first-order valence-electron chi connectivity index (χ1n) is 8.02. The molecular weight excluding hydrogens is 316 g/mol. The van der Waals surface area contributed by atoms with E-state index in [0.29, 0.717) is 39.1 Å². The predicted molar refractivity (Wildman–Crippen MR) is 88.9 cm³/mol. The molecule has 1 saturated heterocycles. The second-order valence-electron chi connectivity index (χ2n) is 5.44. The van der Waals surface area contributed by atoms with Crippen LogP contribution in [-0.2, 0) is 19.6 Å². The van der Waals surface area contributed by atoms with Crippen molar-refractivity contribution < 1.29 is 17.9 Å². The van der Waals surface area contributed by atoms with Gasteiger partial charge in [-0.2, -0.15) is 0 Å². The standard InChI is InChI=1S/C16H24N2O4S/c1-2-22-13-5-11-17-23(20,21)15-9-7-14(8-10-15)18-12-4-3-6-16(18)19/h7-10,17H,2-6,11-13H2,1H3. The van der Waals surface area contributed by atoms with Crippen molar-refractivity contribution in [2.45, 2.75) is 37.5 Å². The van der Waals surface area contributed by atoms with Gasteiger partial charge in [-0.05, 0) is 50.5 Å². The highest BCUT2D eigenvalue weighted by molar-refractivity contribution is 7.89. The molecule has 23 heavy (non-hydrogen) atoms. The van der Waals surface area contributed by atoms with Crippen molar-refractivity contribution in [3.8, 4) is 0 Å². The summed E-state index contributed by atoms with van der Waals surface area (Å²) in [6, 6.07) is 6.47. The highest BCUT2D eigenvalue weighted by Crippen LogP contribution is 2.22. The van der Waals surface area contributed by atoms with Gasteiger partial charge >= 0.3 is 0 Å². The number of nitrogens with zero attached hydrogens (tertiary/aromatic N) is 1. The fourth-order valence-electron chi connectivity index (χ4n) is 2.49. The predicted octanol–water partition coefficient (Wildman–Crippen LogP) is 1.91. The minimum Gasteiger partial charge on any atom is -0.382 e. The van der Waals surface area contributed by atoms with Crippen LogP contribution in [0, 0.1) is 0 Å². The van der Waals surface area contributed by atoms with Gasteiger partial charge in [0.1, 0.15) is 0 Å². The summed E-state index contributed by atoms with van der Waals surface area (Å²) in [4.78, 5) is 13.8. The van der Waals surface area contributed by atoms with Gasteiger partial charge in [-0.15, -0.1) is 0 Å². The number of amides is 1. The first-order valence-corrected chi connectivity index (χ1v) is 9.51. The summed E-state index contributed by atoms with van der Waals surface area (Å²) >= 11 is 0. The number of hydrogen-bond acceptors (Lipinski definition) is 4. The maximum atomic E-state index is 12.2. The molecule has 1 N–H and O–H groups in total. The molecule has 1 aromatic rings. The van der Waals surface area contributed by atoms with Crippen LogP contribution in [-0.4, -0.2) is 40.6 Å². The molecule has 1 heterocycles. The summed E-state index contributed by atoms with van der Waals surface area (Å²) in [5.74, 6) is 0.0981. The summed E-state index contributed by atoms with van der Waals surface area (Å²) in [5, 5.41) is 0. The molecule has 1 fully saturated rings. The van der Waals surface area contributed by atoms with Gasteiger partial charge in [0.05, 0.1) is 4.90 Å². The molecule has 0 atom stereocenters. The fourth-order valence-corrected chi connectivity index (χ4v) is 3.57. The van der Waals surface area contributed by atoms with Crippen molar-refractivity contribution >= 4 is 21.6 Å². The van der Waals surface area contributed by atoms with Gasteiger partial charge in [0.15, 0.2) is 0 Å². The average molecular weight is 340 g/mol. The molecule has 0 unspecified atom stereocenters. The number of ether oxygens (including phenoxy) is 1. The van der Waals surface area contributed by atoms with E-state index in [-0.39, 0.29) is 10.8 Å². The first-order chi connectivity index (χ1) is 11.0. The average Bonchev–Trinajstić information content (AvgIpc) is 2.55. The van der Waals surface area contributed by atoms with Crippen LogP contribution in [0.1, 0.15) is 32.6 Å². The lowest BCUT2D eigenvalue weighted by atomic mass is 10.1. The second-order valence-corrected chi connectivity index (χ2v) is 7.21. The number of nitrogens with one attached hydrogen (secondary N) is 1. The van der Waals surface area contributed by atoms with Crippen molar-refractivity contribution in [3.05, 3.63) is 24.3 Å². The Morgan fingerprint density at radius 1 is 1.22 bits per heavy atom. The normalized spacial score (nSPS) is 15.9. The third-order valence-electron chi connectivity index (χ3n) is 3.74. The van der Waals surface area contributed by atoms with E-state index in [2.05, 4.69) is 4.72 Å². The molecule has 0 spiro atoms. The highest BCUT2D eigenvalue weighted by Gasteiger charge is 2.20. The van der Waals surface area contributed by atoms with E-state index in [1.165, 1.54) is 0 Å². The van der Waals surface area contributed by atoms with E-state index in [9.17, 15) is 13.2 Å². The Balaban J connectivity index is 1.96. The van der Waals surface area contributed by atoms with E-state index in [4.69, 9.17) is 4.74 Å². The quantitative estimate of drug-likeness (QED) is 0.734. The molecule has 1 aliphatic rings. The van der Waals surface area contributed by atoms with Crippen LogP contribution in [0.3, 0.4) is 0 Å².